The van der Waals surface area contributed by atoms with Crippen LogP contribution < -0.4 is 10.2 Å². The summed E-state index contributed by atoms with van der Waals surface area (Å²) in [5.41, 5.74) is 3.83. The summed E-state index contributed by atoms with van der Waals surface area (Å²) in [5.74, 6) is 2.59. The maximum absolute atomic E-state index is 4.70. The van der Waals surface area contributed by atoms with Crippen molar-refractivity contribution in [2.45, 2.75) is 46.8 Å². The molecule has 0 fully saturated rings. The first kappa shape index (κ1) is 18.9. The van der Waals surface area contributed by atoms with Gasteiger partial charge in [-0.05, 0) is 44.4 Å². The zero-order valence-electron chi connectivity index (χ0n) is 16.6. The number of aryl methyl sites for hydroxylation is 2. The lowest BCUT2D eigenvalue weighted by atomic mass is 10.1. The molecule has 3 rings (SSSR count). The molecule has 0 saturated carbocycles. The van der Waals surface area contributed by atoms with Crippen molar-refractivity contribution in [3.05, 3.63) is 83.2 Å². The first-order valence-corrected chi connectivity index (χ1v) is 9.47. The first-order chi connectivity index (χ1) is 13.0. The van der Waals surface area contributed by atoms with Crippen LogP contribution in [0.4, 0.5) is 11.6 Å². The Morgan fingerprint density at radius 3 is 2.33 bits per heavy atom. The third kappa shape index (κ3) is 5.07. The van der Waals surface area contributed by atoms with Gasteiger partial charge in [0.05, 0.1) is 0 Å². The topological polar surface area (TPSA) is 41.1 Å². The van der Waals surface area contributed by atoms with E-state index in [1.807, 2.05) is 19.1 Å². The molecule has 1 N–H and O–H groups in total. The summed E-state index contributed by atoms with van der Waals surface area (Å²) in [7, 11) is 0. The van der Waals surface area contributed by atoms with E-state index in [0.29, 0.717) is 6.04 Å². The molecule has 4 heteroatoms. The molecule has 0 bridgehead atoms. The van der Waals surface area contributed by atoms with E-state index in [-0.39, 0.29) is 0 Å². The van der Waals surface area contributed by atoms with Crippen LogP contribution in [-0.2, 0) is 13.1 Å². The summed E-state index contributed by atoms with van der Waals surface area (Å²) in [6, 6.07) is 21.3. The van der Waals surface area contributed by atoms with E-state index in [2.05, 4.69) is 84.5 Å². The average Bonchev–Trinajstić information content (AvgIpc) is 2.65. The Labute approximate surface area is 162 Å². The highest BCUT2D eigenvalue weighted by Gasteiger charge is 2.14. The molecule has 3 aromatic rings. The van der Waals surface area contributed by atoms with Gasteiger partial charge in [0.15, 0.2) is 0 Å². The summed E-state index contributed by atoms with van der Waals surface area (Å²) in [5, 5.41) is 3.46. The molecule has 2 aromatic carbocycles. The maximum Gasteiger partial charge on any atom is 0.134 e. The van der Waals surface area contributed by atoms with E-state index < -0.39 is 0 Å². The molecule has 27 heavy (non-hydrogen) atoms. The van der Waals surface area contributed by atoms with Crippen molar-refractivity contribution < 1.29 is 0 Å². The van der Waals surface area contributed by atoms with Gasteiger partial charge in [0.1, 0.15) is 17.5 Å². The van der Waals surface area contributed by atoms with Crippen LogP contribution in [0, 0.1) is 13.8 Å². The fraction of sp³-hybridized carbons (Fsp3) is 0.304. The SMILES string of the molecule is Cc1nc(NCc2ccccc2C)cc(N(Cc2ccccc2)C(C)C)n1. The van der Waals surface area contributed by atoms with Gasteiger partial charge in [-0.2, -0.15) is 0 Å². The molecule has 0 unspecified atom stereocenters. The summed E-state index contributed by atoms with van der Waals surface area (Å²) in [4.78, 5) is 11.6. The maximum atomic E-state index is 4.70. The highest BCUT2D eigenvalue weighted by molar-refractivity contribution is 5.51. The van der Waals surface area contributed by atoms with Crippen LogP contribution in [0.3, 0.4) is 0 Å². The minimum atomic E-state index is 0.337. The van der Waals surface area contributed by atoms with Crippen LogP contribution in [0.1, 0.15) is 36.4 Å². The quantitative estimate of drug-likeness (QED) is 0.635. The van der Waals surface area contributed by atoms with Crippen molar-refractivity contribution in [1.82, 2.24) is 9.97 Å². The minimum Gasteiger partial charge on any atom is -0.366 e. The fourth-order valence-electron chi connectivity index (χ4n) is 3.09. The largest absolute Gasteiger partial charge is 0.366 e. The Hall–Kier alpha value is -2.88. The molecular formula is C23H28N4. The molecule has 0 aliphatic heterocycles. The van der Waals surface area contributed by atoms with Gasteiger partial charge >= 0.3 is 0 Å². The van der Waals surface area contributed by atoms with Gasteiger partial charge in [0.2, 0.25) is 0 Å². The van der Waals surface area contributed by atoms with Gasteiger partial charge in [-0.25, -0.2) is 9.97 Å². The van der Waals surface area contributed by atoms with Crippen molar-refractivity contribution in [1.29, 1.82) is 0 Å². The molecule has 0 spiro atoms. The second kappa shape index (κ2) is 8.67. The predicted molar refractivity (Wildman–Crippen MR) is 113 cm³/mol. The van der Waals surface area contributed by atoms with Crippen LogP contribution in [-0.4, -0.2) is 16.0 Å². The second-order valence-corrected chi connectivity index (χ2v) is 7.15. The van der Waals surface area contributed by atoms with Crippen molar-refractivity contribution in [2.75, 3.05) is 10.2 Å². The molecule has 1 heterocycles. The van der Waals surface area contributed by atoms with E-state index in [1.165, 1.54) is 16.7 Å². The third-order valence-corrected chi connectivity index (χ3v) is 4.66. The molecule has 0 radical (unpaired) electrons. The lowest BCUT2D eigenvalue weighted by Crippen LogP contribution is -2.31. The van der Waals surface area contributed by atoms with Gasteiger partial charge in [-0.15, -0.1) is 0 Å². The van der Waals surface area contributed by atoms with Crippen molar-refractivity contribution in [2.24, 2.45) is 0 Å². The molecule has 1 aromatic heterocycles. The highest BCUT2D eigenvalue weighted by Crippen LogP contribution is 2.21. The van der Waals surface area contributed by atoms with E-state index in [0.717, 1.165) is 30.5 Å². The Balaban J connectivity index is 1.81. The Kier molecular flexibility index (Phi) is 6.07. The van der Waals surface area contributed by atoms with Crippen LogP contribution >= 0.6 is 0 Å². The lowest BCUT2D eigenvalue weighted by molar-refractivity contribution is 0.669. The summed E-state index contributed by atoms with van der Waals surface area (Å²) >= 11 is 0. The van der Waals surface area contributed by atoms with Crippen LogP contribution in [0.25, 0.3) is 0 Å². The first-order valence-electron chi connectivity index (χ1n) is 9.47. The van der Waals surface area contributed by atoms with Crippen LogP contribution in [0.2, 0.25) is 0 Å². The molecule has 0 atom stereocenters. The number of hydrogen-bond acceptors (Lipinski definition) is 4. The zero-order valence-corrected chi connectivity index (χ0v) is 16.6. The fourth-order valence-corrected chi connectivity index (χ4v) is 3.09. The Bertz CT molecular complexity index is 875. The van der Waals surface area contributed by atoms with E-state index in [4.69, 9.17) is 4.98 Å². The molecule has 0 aliphatic rings. The van der Waals surface area contributed by atoms with E-state index in [9.17, 15) is 0 Å². The minimum absolute atomic E-state index is 0.337. The molecule has 0 aliphatic carbocycles. The zero-order chi connectivity index (χ0) is 19.2. The molecule has 4 nitrogen and oxygen atoms in total. The number of anilines is 2. The molecule has 140 valence electrons. The van der Waals surface area contributed by atoms with Crippen molar-refractivity contribution >= 4 is 11.6 Å². The number of aromatic nitrogens is 2. The van der Waals surface area contributed by atoms with Gasteiger partial charge in [0.25, 0.3) is 0 Å². The average molecular weight is 361 g/mol. The van der Waals surface area contributed by atoms with Crippen molar-refractivity contribution in [3.63, 3.8) is 0 Å². The number of nitrogens with one attached hydrogen (secondary N) is 1. The second-order valence-electron chi connectivity index (χ2n) is 7.15. The number of nitrogens with zero attached hydrogens (tertiary/aromatic N) is 3. The number of benzene rings is 2. The number of rotatable bonds is 7. The smallest absolute Gasteiger partial charge is 0.134 e. The van der Waals surface area contributed by atoms with Gasteiger partial charge < -0.3 is 10.2 Å². The van der Waals surface area contributed by atoms with E-state index in [1.54, 1.807) is 0 Å². The van der Waals surface area contributed by atoms with Crippen LogP contribution in [0.5, 0.6) is 0 Å². The van der Waals surface area contributed by atoms with Gasteiger partial charge in [-0.3, -0.25) is 0 Å². The third-order valence-electron chi connectivity index (χ3n) is 4.66. The summed E-state index contributed by atoms with van der Waals surface area (Å²) in [6.07, 6.45) is 0. The lowest BCUT2D eigenvalue weighted by Gasteiger charge is -2.28. The molecule has 0 saturated heterocycles. The van der Waals surface area contributed by atoms with Crippen molar-refractivity contribution in [3.8, 4) is 0 Å². The highest BCUT2D eigenvalue weighted by atomic mass is 15.2. The van der Waals surface area contributed by atoms with Gasteiger partial charge in [-0.1, -0.05) is 54.6 Å². The Morgan fingerprint density at radius 2 is 1.63 bits per heavy atom. The summed E-state index contributed by atoms with van der Waals surface area (Å²) in [6.45, 7) is 10.0. The normalized spacial score (nSPS) is 10.9. The molecule has 0 amide bonds. The van der Waals surface area contributed by atoms with Crippen LogP contribution in [0.15, 0.2) is 60.7 Å². The van der Waals surface area contributed by atoms with E-state index >= 15 is 0 Å². The number of hydrogen-bond donors (Lipinski definition) is 1. The monoisotopic (exact) mass is 360 g/mol. The standard InChI is InChI=1S/C23H28N4/c1-17(2)27(16-20-11-6-5-7-12-20)23-14-22(25-19(4)26-23)24-15-21-13-9-8-10-18(21)3/h5-14,17H,15-16H2,1-4H3,(H,24,25,26). The predicted octanol–water partition coefficient (Wildman–Crippen LogP) is 5.12. The Morgan fingerprint density at radius 1 is 0.926 bits per heavy atom. The summed E-state index contributed by atoms with van der Waals surface area (Å²) < 4.78 is 0. The molecular weight excluding hydrogens is 332 g/mol. The van der Waals surface area contributed by atoms with Gasteiger partial charge in [0, 0.05) is 25.2 Å².